The molecular formula is C13H19FN5O+. The summed E-state index contributed by atoms with van der Waals surface area (Å²) >= 11 is 0. The molecule has 20 heavy (non-hydrogen) atoms. The number of nitrogens with two attached hydrogens (primary N) is 2. The van der Waals surface area contributed by atoms with E-state index < -0.39 is 0 Å². The molecule has 0 unspecified atom stereocenters. The van der Waals surface area contributed by atoms with E-state index in [1.807, 2.05) is 11.0 Å². The van der Waals surface area contributed by atoms with Gasteiger partial charge < -0.3 is 15.4 Å². The van der Waals surface area contributed by atoms with Gasteiger partial charge in [0.15, 0.2) is 5.82 Å². The van der Waals surface area contributed by atoms with Crippen LogP contribution in [0.15, 0.2) is 35.2 Å². The number of hydrogen-bond acceptors (Lipinski definition) is 5. The fourth-order valence-electron chi connectivity index (χ4n) is 2.03. The average Bonchev–Trinajstić information content (AvgIpc) is 2.49. The first-order valence-corrected chi connectivity index (χ1v) is 6.48. The van der Waals surface area contributed by atoms with Gasteiger partial charge in [0.1, 0.15) is 17.6 Å². The summed E-state index contributed by atoms with van der Waals surface area (Å²) in [6.07, 6.45) is 1.62. The first-order valence-electron chi connectivity index (χ1n) is 6.48. The number of ether oxygens (including phenoxy) is 1. The lowest BCUT2D eigenvalue weighted by Gasteiger charge is -2.29. The molecule has 0 spiro atoms. The maximum atomic E-state index is 14.1. The molecule has 108 valence electrons. The zero-order chi connectivity index (χ0) is 14.4. The van der Waals surface area contributed by atoms with E-state index in [9.17, 15) is 4.39 Å². The Morgan fingerprint density at radius 3 is 2.85 bits per heavy atom. The number of hydrogen-bond donors (Lipinski definition) is 3. The largest absolute Gasteiger partial charge is 0.378 e. The minimum Gasteiger partial charge on any atom is -0.378 e. The van der Waals surface area contributed by atoms with Crippen molar-refractivity contribution in [1.29, 1.82) is 5.53 Å². The molecule has 7 heteroatoms. The van der Waals surface area contributed by atoms with Crippen molar-refractivity contribution in [3.8, 4) is 0 Å². The summed E-state index contributed by atoms with van der Waals surface area (Å²) in [5.41, 5.74) is 14.1. The third-order valence-corrected chi connectivity index (χ3v) is 3.14. The maximum Gasteiger partial charge on any atom is 0.152 e. The van der Waals surface area contributed by atoms with Crippen molar-refractivity contribution in [2.75, 3.05) is 37.7 Å². The summed E-state index contributed by atoms with van der Waals surface area (Å²) in [5, 5.41) is 4.97. The second kappa shape index (κ2) is 7.09. The van der Waals surface area contributed by atoms with Gasteiger partial charge in [0.2, 0.25) is 0 Å². The molecule has 1 aliphatic heterocycles. The molecule has 2 rings (SSSR count). The van der Waals surface area contributed by atoms with Crippen LogP contribution in [0.5, 0.6) is 0 Å². The van der Waals surface area contributed by atoms with Crippen LogP contribution in [0, 0.1) is 11.3 Å². The monoisotopic (exact) mass is 280 g/mol. The fraction of sp³-hybridized carbons (Fsp3) is 0.385. The van der Waals surface area contributed by atoms with Crippen molar-refractivity contribution in [2.24, 2.45) is 10.8 Å². The van der Waals surface area contributed by atoms with E-state index in [1.165, 1.54) is 6.07 Å². The molecule has 6 nitrogen and oxygen atoms in total. The van der Waals surface area contributed by atoms with Crippen LogP contribution < -0.4 is 16.0 Å². The van der Waals surface area contributed by atoms with Gasteiger partial charge in [-0.05, 0) is 6.07 Å². The molecule has 1 heterocycles. The van der Waals surface area contributed by atoms with Crippen molar-refractivity contribution < 1.29 is 14.4 Å². The number of benzene rings is 1. The Bertz CT molecular complexity index is 500. The first kappa shape index (κ1) is 14.6. The molecule has 0 saturated carbocycles. The maximum absolute atomic E-state index is 14.1. The molecule has 0 radical (unpaired) electrons. The van der Waals surface area contributed by atoms with Crippen molar-refractivity contribution in [2.45, 2.75) is 0 Å². The van der Waals surface area contributed by atoms with Crippen molar-refractivity contribution >= 4 is 11.4 Å². The third kappa shape index (κ3) is 3.60. The van der Waals surface area contributed by atoms with Gasteiger partial charge >= 0.3 is 0 Å². The molecule has 0 aromatic heterocycles. The topological polar surface area (TPSA) is 91.3 Å². The Balaban J connectivity index is 2.09. The highest BCUT2D eigenvalue weighted by molar-refractivity contribution is 5.52. The summed E-state index contributed by atoms with van der Waals surface area (Å²) < 4.78 is 19.4. The van der Waals surface area contributed by atoms with Crippen LogP contribution in [0.25, 0.3) is 0 Å². The molecule has 0 aliphatic carbocycles. The van der Waals surface area contributed by atoms with E-state index in [2.05, 4.69) is 5.11 Å². The standard InChI is InChI=1S/C13H18FN5O/c14-12-7-10(17-9-11(8-15)18-16)1-2-13(12)19-3-5-20-6-4-19/h1-2,7,9,16-17H,3-6,8,15H2/p+1/b11-9-,18-16?. The highest BCUT2D eigenvalue weighted by Gasteiger charge is 2.15. The molecular weight excluding hydrogens is 261 g/mol. The Morgan fingerprint density at radius 2 is 2.25 bits per heavy atom. The minimum absolute atomic E-state index is 0.189. The predicted molar refractivity (Wildman–Crippen MR) is 73.3 cm³/mol. The second-order valence-electron chi connectivity index (χ2n) is 4.45. The normalized spacial score (nSPS) is 16.3. The number of halogens is 1. The van der Waals surface area contributed by atoms with Gasteiger partial charge in [-0.25, -0.2) is 9.92 Å². The molecule has 1 saturated heterocycles. The minimum atomic E-state index is -0.258. The first-order chi connectivity index (χ1) is 9.74. The smallest absolute Gasteiger partial charge is 0.152 e. The summed E-state index contributed by atoms with van der Waals surface area (Å²) in [4.78, 5) is 1.98. The number of morpholine rings is 1. The van der Waals surface area contributed by atoms with E-state index in [0.29, 0.717) is 43.4 Å². The van der Waals surface area contributed by atoms with Gasteiger partial charge in [-0.1, -0.05) is 0 Å². The zero-order valence-corrected chi connectivity index (χ0v) is 11.2. The molecule has 0 bridgehead atoms. The Hall–Kier alpha value is -1.83. The SMILES string of the molecule is N=N/C(=C\[NH2+]c1ccc(N2CCOCC2)c(F)c1)CN. The van der Waals surface area contributed by atoms with Crippen LogP contribution in [0.4, 0.5) is 15.8 Å². The van der Waals surface area contributed by atoms with Crippen molar-refractivity contribution in [3.05, 3.63) is 35.9 Å². The van der Waals surface area contributed by atoms with E-state index in [0.717, 1.165) is 0 Å². The summed E-state index contributed by atoms with van der Waals surface area (Å²) in [7, 11) is 0. The van der Waals surface area contributed by atoms with Crippen LogP contribution >= 0.6 is 0 Å². The Labute approximate surface area is 116 Å². The van der Waals surface area contributed by atoms with Crippen LogP contribution in [0.2, 0.25) is 0 Å². The quantitative estimate of drug-likeness (QED) is 0.547. The van der Waals surface area contributed by atoms with Gasteiger partial charge in [-0.2, -0.15) is 5.11 Å². The predicted octanol–water partition coefficient (Wildman–Crippen LogP) is 0.688. The van der Waals surface area contributed by atoms with Gasteiger partial charge in [0, 0.05) is 31.8 Å². The Morgan fingerprint density at radius 1 is 1.50 bits per heavy atom. The van der Waals surface area contributed by atoms with Crippen LogP contribution in [-0.2, 0) is 4.74 Å². The molecule has 1 aromatic carbocycles. The summed E-state index contributed by atoms with van der Waals surface area (Å²) in [6.45, 7) is 2.85. The van der Waals surface area contributed by atoms with E-state index in [4.69, 9.17) is 16.0 Å². The summed E-state index contributed by atoms with van der Waals surface area (Å²) in [5.74, 6) is -0.258. The lowest BCUT2D eigenvalue weighted by Crippen LogP contribution is -2.71. The zero-order valence-electron chi connectivity index (χ0n) is 11.2. The highest BCUT2D eigenvalue weighted by atomic mass is 19.1. The molecule has 0 atom stereocenters. The molecule has 0 amide bonds. The second-order valence-corrected chi connectivity index (χ2v) is 4.45. The van der Waals surface area contributed by atoms with Gasteiger partial charge in [0.25, 0.3) is 0 Å². The Kier molecular flexibility index (Phi) is 5.16. The van der Waals surface area contributed by atoms with Crippen LogP contribution in [-0.4, -0.2) is 32.8 Å². The van der Waals surface area contributed by atoms with E-state index >= 15 is 0 Å². The lowest BCUT2D eigenvalue weighted by atomic mass is 10.2. The third-order valence-electron chi connectivity index (χ3n) is 3.14. The molecule has 1 fully saturated rings. The van der Waals surface area contributed by atoms with Gasteiger partial charge in [-0.3, -0.25) is 5.32 Å². The summed E-state index contributed by atoms with van der Waals surface area (Å²) in [6, 6.07) is 5.07. The molecule has 1 aliphatic rings. The van der Waals surface area contributed by atoms with Crippen LogP contribution in [0.1, 0.15) is 0 Å². The van der Waals surface area contributed by atoms with Gasteiger partial charge in [0.05, 0.1) is 18.9 Å². The number of rotatable bonds is 5. The van der Waals surface area contributed by atoms with E-state index in [-0.39, 0.29) is 12.4 Å². The number of quaternary nitrogens is 1. The average molecular weight is 280 g/mol. The van der Waals surface area contributed by atoms with Crippen molar-refractivity contribution in [1.82, 2.24) is 0 Å². The fourth-order valence-corrected chi connectivity index (χ4v) is 2.03. The number of nitrogens with zero attached hydrogens (tertiary/aromatic N) is 2. The molecule has 5 N–H and O–H groups in total. The number of anilines is 1. The van der Waals surface area contributed by atoms with Crippen LogP contribution in [0.3, 0.4) is 0 Å². The molecule has 1 aromatic rings. The van der Waals surface area contributed by atoms with Gasteiger partial charge in [-0.15, -0.1) is 0 Å². The van der Waals surface area contributed by atoms with Crippen molar-refractivity contribution in [3.63, 3.8) is 0 Å². The van der Waals surface area contributed by atoms with E-state index in [1.54, 1.807) is 17.6 Å². The lowest BCUT2D eigenvalue weighted by molar-refractivity contribution is -0.497. The number of nitrogens with one attached hydrogen (secondary N) is 1. The highest BCUT2D eigenvalue weighted by Crippen LogP contribution is 2.21.